The lowest BCUT2D eigenvalue weighted by molar-refractivity contribution is 0.439. The van der Waals surface area contributed by atoms with Gasteiger partial charge in [-0.3, -0.25) is 0 Å². The van der Waals surface area contributed by atoms with Crippen LogP contribution >= 0.6 is 11.3 Å². The summed E-state index contributed by atoms with van der Waals surface area (Å²) in [5, 5.41) is 17.0. The Hall–Kier alpha value is -1.47. The maximum Gasteiger partial charge on any atom is 0.316 e. The molecule has 0 aliphatic rings. The van der Waals surface area contributed by atoms with Crippen molar-refractivity contribution < 1.29 is 4.42 Å². The van der Waals surface area contributed by atoms with E-state index in [9.17, 15) is 0 Å². The smallest absolute Gasteiger partial charge is 0.316 e. The van der Waals surface area contributed by atoms with E-state index in [0.717, 1.165) is 5.01 Å². The summed E-state index contributed by atoms with van der Waals surface area (Å²) in [5.74, 6) is 0.571. The van der Waals surface area contributed by atoms with Crippen LogP contribution in [-0.4, -0.2) is 22.2 Å². The third-order valence-corrected chi connectivity index (χ3v) is 3.36. The summed E-state index contributed by atoms with van der Waals surface area (Å²) in [6.07, 6.45) is 1.78. The Morgan fingerprint density at radius 3 is 2.76 bits per heavy atom. The minimum absolute atomic E-state index is 0.0493. The van der Waals surface area contributed by atoms with Crippen molar-refractivity contribution in [1.29, 1.82) is 0 Å². The average Bonchev–Trinajstić information content (AvgIpc) is 2.98. The Balaban J connectivity index is 2.02. The van der Waals surface area contributed by atoms with Gasteiger partial charge in [0.1, 0.15) is 5.01 Å². The predicted octanol–water partition coefficient (Wildman–Crippen LogP) is 1.98. The summed E-state index contributed by atoms with van der Waals surface area (Å²) in [7, 11) is 1.85. The van der Waals surface area contributed by atoms with Crippen LogP contribution in [0, 0.1) is 0 Å². The fourth-order valence-electron chi connectivity index (χ4n) is 1.29. The van der Waals surface area contributed by atoms with E-state index in [4.69, 9.17) is 4.42 Å². The third-order valence-electron chi connectivity index (χ3n) is 2.41. The zero-order valence-corrected chi connectivity index (χ0v) is 10.8. The van der Waals surface area contributed by atoms with Gasteiger partial charge in [0.15, 0.2) is 0 Å². The number of rotatable bonds is 5. The molecule has 0 spiro atoms. The number of thiazole rings is 1. The van der Waals surface area contributed by atoms with E-state index >= 15 is 0 Å². The first-order valence-corrected chi connectivity index (χ1v) is 6.25. The highest BCUT2D eigenvalue weighted by Gasteiger charge is 2.15. The van der Waals surface area contributed by atoms with Gasteiger partial charge in [0.25, 0.3) is 0 Å². The molecule has 92 valence electrons. The zero-order chi connectivity index (χ0) is 12.3. The molecule has 2 aromatic heterocycles. The van der Waals surface area contributed by atoms with Crippen LogP contribution < -0.4 is 10.6 Å². The van der Waals surface area contributed by atoms with Crippen molar-refractivity contribution in [2.24, 2.45) is 0 Å². The van der Waals surface area contributed by atoms with E-state index in [1.54, 1.807) is 17.5 Å². The Kier molecular flexibility index (Phi) is 3.70. The number of anilines is 1. The first-order chi connectivity index (χ1) is 8.20. The summed E-state index contributed by atoms with van der Waals surface area (Å²) in [6.45, 7) is 3.96. The Morgan fingerprint density at radius 2 is 2.12 bits per heavy atom. The standard InChI is InChI=1S/C10H15N5OS/c1-6(11-3)8-14-15-10(16-8)13-7(2)9-12-4-5-17-9/h4-7,11H,1-3H3,(H,13,15). The van der Waals surface area contributed by atoms with E-state index in [1.165, 1.54) is 0 Å². The summed E-state index contributed by atoms with van der Waals surface area (Å²) in [6, 6.07) is 0.534. The lowest BCUT2D eigenvalue weighted by Crippen LogP contribution is -2.12. The third kappa shape index (κ3) is 2.80. The fourth-order valence-corrected chi connectivity index (χ4v) is 1.93. The van der Waals surface area contributed by atoms with Gasteiger partial charge in [-0.05, 0) is 20.9 Å². The van der Waals surface area contributed by atoms with Crippen molar-refractivity contribution in [1.82, 2.24) is 20.5 Å². The molecule has 0 fully saturated rings. The summed E-state index contributed by atoms with van der Waals surface area (Å²) in [4.78, 5) is 4.22. The van der Waals surface area contributed by atoms with Gasteiger partial charge in [0.05, 0.1) is 12.1 Å². The molecular weight excluding hydrogens is 238 g/mol. The first kappa shape index (κ1) is 12.0. The number of nitrogens with zero attached hydrogens (tertiary/aromatic N) is 3. The lowest BCUT2D eigenvalue weighted by atomic mass is 10.3. The molecule has 0 radical (unpaired) electrons. The van der Waals surface area contributed by atoms with Crippen molar-refractivity contribution in [2.75, 3.05) is 12.4 Å². The van der Waals surface area contributed by atoms with Gasteiger partial charge in [0.2, 0.25) is 5.89 Å². The second-order valence-electron chi connectivity index (χ2n) is 3.69. The highest BCUT2D eigenvalue weighted by Crippen LogP contribution is 2.21. The van der Waals surface area contributed by atoms with Gasteiger partial charge in [-0.15, -0.1) is 16.4 Å². The second kappa shape index (κ2) is 5.24. The quantitative estimate of drug-likeness (QED) is 0.848. The van der Waals surface area contributed by atoms with Crippen LogP contribution in [0.3, 0.4) is 0 Å². The number of aromatic nitrogens is 3. The maximum absolute atomic E-state index is 5.49. The largest absolute Gasteiger partial charge is 0.406 e. The van der Waals surface area contributed by atoms with Crippen molar-refractivity contribution in [2.45, 2.75) is 25.9 Å². The van der Waals surface area contributed by atoms with Crippen LogP contribution in [0.4, 0.5) is 6.01 Å². The lowest BCUT2D eigenvalue weighted by Gasteiger charge is -2.08. The molecule has 0 aromatic carbocycles. The van der Waals surface area contributed by atoms with Crippen LogP contribution in [0.5, 0.6) is 0 Å². The summed E-state index contributed by atoms with van der Waals surface area (Å²) < 4.78 is 5.49. The van der Waals surface area contributed by atoms with Gasteiger partial charge in [-0.1, -0.05) is 5.10 Å². The van der Waals surface area contributed by atoms with Crippen molar-refractivity contribution in [3.63, 3.8) is 0 Å². The molecular formula is C10H15N5OS. The minimum atomic E-state index is 0.0493. The van der Waals surface area contributed by atoms with E-state index in [1.807, 2.05) is 26.3 Å². The van der Waals surface area contributed by atoms with Gasteiger partial charge in [-0.2, -0.15) is 0 Å². The van der Waals surface area contributed by atoms with Gasteiger partial charge < -0.3 is 15.1 Å². The average molecular weight is 253 g/mol. The predicted molar refractivity (Wildman–Crippen MR) is 65.9 cm³/mol. The normalized spacial score (nSPS) is 14.5. The summed E-state index contributed by atoms with van der Waals surface area (Å²) in [5.41, 5.74) is 0. The zero-order valence-electron chi connectivity index (χ0n) is 9.97. The van der Waals surface area contributed by atoms with Crippen LogP contribution in [0.15, 0.2) is 16.0 Å². The molecule has 0 amide bonds. The molecule has 2 rings (SSSR count). The second-order valence-corrected chi connectivity index (χ2v) is 4.62. The maximum atomic E-state index is 5.49. The topological polar surface area (TPSA) is 75.9 Å². The molecule has 7 heteroatoms. The molecule has 2 heterocycles. The molecule has 2 unspecified atom stereocenters. The molecule has 2 aromatic rings. The molecule has 0 saturated carbocycles. The molecule has 2 atom stereocenters. The molecule has 17 heavy (non-hydrogen) atoms. The van der Waals surface area contributed by atoms with Crippen LogP contribution in [0.25, 0.3) is 0 Å². The summed E-state index contributed by atoms with van der Waals surface area (Å²) >= 11 is 1.59. The molecule has 2 N–H and O–H groups in total. The minimum Gasteiger partial charge on any atom is -0.406 e. The molecule has 6 nitrogen and oxygen atoms in total. The van der Waals surface area contributed by atoms with Crippen molar-refractivity contribution in [3.05, 3.63) is 22.5 Å². The van der Waals surface area contributed by atoms with Gasteiger partial charge >= 0.3 is 6.01 Å². The van der Waals surface area contributed by atoms with Gasteiger partial charge in [0, 0.05) is 11.6 Å². The number of hydrogen-bond acceptors (Lipinski definition) is 7. The van der Waals surface area contributed by atoms with Crippen LogP contribution in [0.2, 0.25) is 0 Å². The monoisotopic (exact) mass is 253 g/mol. The van der Waals surface area contributed by atoms with Crippen LogP contribution in [-0.2, 0) is 0 Å². The van der Waals surface area contributed by atoms with Crippen LogP contribution in [0.1, 0.15) is 36.8 Å². The van der Waals surface area contributed by atoms with Gasteiger partial charge in [-0.25, -0.2) is 4.98 Å². The van der Waals surface area contributed by atoms with E-state index in [-0.39, 0.29) is 12.1 Å². The van der Waals surface area contributed by atoms with E-state index < -0.39 is 0 Å². The fraction of sp³-hybridized carbons (Fsp3) is 0.500. The number of hydrogen-bond donors (Lipinski definition) is 2. The Bertz CT molecular complexity index is 455. The SMILES string of the molecule is CNC(C)c1nnc(NC(C)c2nccs2)o1. The highest BCUT2D eigenvalue weighted by atomic mass is 32.1. The van der Waals surface area contributed by atoms with E-state index in [2.05, 4.69) is 25.8 Å². The first-order valence-electron chi connectivity index (χ1n) is 5.37. The molecule has 0 aliphatic heterocycles. The molecule has 0 bridgehead atoms. The molecule has 0 aliphatic carbocycles. The highest BCUT2D eigenvalue weighted by molar-refractivity contribution is 7.09. The Morgan fingerprint density at radius 1 is 1.29 bits per heavy atom. The molecule has 0 saturated heterocycles. The number of nitrogens with one attached hydrogen (secondary N) is 2. The van der Waals surface area contributed by atoms with Crippen molar-refractivity contribution in [3.8, 4) is 0 Å². The Labute approximate surface area is 103 Å². The van der Waals surface area contributed by atoms with Crippen molar-refractivity contribution >= 4 is 17.4 Å². The van der Waals surface area contributed by atoms with E-state index in [0.29, 0.717) is 11.9 Å².